The highest BCUT2D eigenvalue weighted by Gasteiger charge is 2.31. The van der Waals surface area contributed by atoms with Gasteiger partial charge in [0, 0.05) is 0 Å². The molecule has 1 fully saturated rings. The molecule has 0 aliphatic heterocycles. The molecule has 1 saturated carbocycles. The third-order valence-electron chi connectivity index (χ3n) is 4.15. The van der Waals surface area contributed by atoms with Crippen molar-refractivity contribution < 1.29 is 22.6 Å². The molecule has 0 bridgehead atoms. The monoisotopic (exact) mass is 338 g/mol. The van der Waals surface area contributed by atoms with Gasteiger partial charge in [-0.3, -0.25) is 0 Å². The van der Waals surface area contributed by atoms with E-state index in [-0.39, 0.29) is 17.4 Å². The number of hydrogen-bond acceptors (Lipinski definition) is 2. The summed E-state index contributed by atoms with van der Waals surface area (Å²) in [6.45, 7) is 10.3. The highest BCUT2D eigenvalue weighted by molar-refractivity contribution is 4.79. The molecular formula is C18H33F3O2. The van der Waals surface area contributed by atoms with Crippen LogP contribution in [0, 0.1) is 16.7 Å². The molecule has 0 saturated heterocycles. The molecule has 0 unspecified atom stereocenters. The van der Waals surface area contributed by atoms with Crippen LogP contribution in [0.2, 0.25) is 0 Å². The first-order valence-corrected chi connectivity index (χ1v) is 8.62. The van der Waals surface area contributed by atoms with Gasteiger partial charge in [0.2, 0.25) is 0 Å². The molecule has 2 nitrogen and oxygen atoms in total. The van der Waals surface area contributed by atoms with Gasteiger partial charge in [-0.2, -0.15) is 13.2 Å². The van der Waals surface area contributed by atoms with Gasteiger partial charge >= 0.3 is 6.18 Å². The summed E-state index contributed by atoms with van der Waals surface area (Å²) in [6, 6.07) is 0. The fourth-order valence-corrected chi connectivity index (χ4v) is 3.15. The van der Waals surface area contributed by atoms with E-state index >= 15 is 0 Å². The standard InChI is InChI=1S/C18H33F3O2/c1-16(2,3)11-23-15-8-6-14(7-9-15)10-17(4,5)12-22-13-18(19,20)21/h14-15H,6-13H2,1-5H3. The van der Waals surface area contributed by atoms with E-state index in [4.69, 9.17) is 9.47 Å². The zero-order valence-corrected chi connectivity index (χ0v) is 15.3. The maximum atomic E-state index is 12.1. The molecule has 23 heavy (non-hydrogen) atoms. The molecule has 0 spiro atoms. The van der Waals surface area contributed by atoms with Crippen LogP contribution < -0.4 is 0 Å². The molecule has 5 heteroatoms. The lowest BCUT2D eigenvalue weighted by molar-refractivity contribution is -0.180. The van der Waals surface area contributed by atoms with Gasteiger partial charge in [-0.1, -0.05) is 34.6 Å². The maximum Gasteiger partial charge on any atom is 0.411 e. The normalized spacial score (nSPS) is 24.0. The minimum atomic E-state index is -4.24. The van der Waals surface area contributed by atoms with Crippen LogP contribution in [-0.2, 0) is 9.47 Å². The smallest absolute Gasteiger partial charge is 0.378 e. The molecule has 0 amide bonds. The molecule has 0 atom stereocenters. The molecule has 1 aliphatic rings. The quantitative estimate of drug-likeness (QED) is 0.601. The molecule has 0 aromatic heterocycles. The Bertz CT molecular complexity index is 337. The second-order valence-corrected chi connectivity index (χ2v) is 8.99. The highest BCUT2D eigenvalue weighted by atomic mass is 19.4. The van der Waals surface area contributed by atoms with Crippen LogP contribution in [0.1, 0.15) is 66.7 Å². The second kappa shape index (κ2) is 8.19. The maximum absolute atomic E-state index is 12.1. The van der Waals surface area contributed by atoms with Crippen LogP contribution in [0.25, 0.3) is 0 Å². The Morgan fingerprint density at radius 2 is 1.39 bits per heavy atom. The highest BCUT2D eigenvalue weighted by Crippen LogP contribution is 2.36. The summed E-state index contributed by atoms with van der Waals surface area (Å²) < 4.78 is 47.3. The van der Waals surface area contributed by atoms with E-state index in [9.17, 15) is 13.2 Å². The minimum absolute atomic E-state index is 0.160. The average molecular weight is 338 g/mol. The van der Waals surface area contributed by atoms with Crippen molar-refractivity contribution in [1.82, 2.24) is 0 Å². The van der Waals surface area contributed by atoms with Crippen molar-refractivity contribution in [3.63, 3.8) is 0 Å². The van der Waals surface area contributed by atoms with Gasteiger partial charge in [0.15, 0.2) is 0 Å². The zero-order chi connectivity index (χ0) is 17.7. The lowest BCUT2D eigenvalue weighted by Gasteiger charge is -2.35. The molecule has 0 aromatic rings. The fraction of sp³-hybridized carbons (Fsp3) is 1.00. The van der Waals surface area contributed by atoms with Crippen molar-refractivity contribution >= 4 is 0 Å². The third-order valence-corrected chi connectivity index (χ3v) is 4.15. The van der Waals surface area contributed by atoms with E-state index in [2.05, 4.69) is 20.8 Å². The van der Waals surface area contributed by atoms with Crippen molar-refractivity contribution in [2.75, 3.05) is 19.8 Å². The molecule has 0 N–H and O–H groups in total. The predicted octanol–water partition coefficient (Wildman–Crippen LogP) is 5.60. The minimum Gasteiger partial charge on any atom is -0.378 e. The van der Waals surface area contributed by atoms with Crippen molar-refractivity contribution in [2.45, 2.75) is 79.0 Å². The average Bonchev–Trinajstić information content (AvgIpc) is 2.34. The second-order valence-electron chi connectivity index (χ2n) is 8.99. The van der Waals surface area contributed by atoms with Gasteiger partial charge < -0.3 is 9.47 Å². The Hall–Kier alpha value is -0.290. The van der Waals surface area contributed by atoms with Gasteiger partial charge in [-0.05, 0) is 48.9 Å². The van der Waals surface area contributed by atoms with Crippen LogP contribution in [-0.4, -0.2) is 32.1 Å². The number of alkyl halides is 3. The largest absolute Gasteiger partial charge is 0.411 e. The van der Waals surface area contributed by atoms with E-state index < -0.39 is 12.8 Å². The lowest BCUT2D eigenvalue weighted by Crippen LogP contribution is -2.30. The fourth-order valence-electron chi connectivity index (χ4n) is 3.15. The van der Waals surface area contributed by atoms with Gasteiger partial charge in [-0.15, -0.1) is 0 Å². The summed E-state index contributed by atoms with van der Waals surface area (Å²) in [5, 5.41) is 0. The SMILES string of the molecule is CC(C)(C)COC1CCC(CC(C)(C)COCC(F)(F)F)CC1. The van der Waals surface area contributed by atoms with Crippen molar-refractivity contribution in [3.8, 4) is 0 Å². The molecule has 0 heterocycles. The number of hydrogen-bond donors (Lipinski definition) is 0. The van der Waals surface area contributed by atoms with Gasteiger partial charge in [0.1, 0.15) is 6.61 Å². The van der Waals surface area contributed by atoms with Crippen LogP contribution in [0.4, 0.5) is 13.2 Å². The lowest BCUT2D eigenvalue weighted by atomic mass is 9.76. The van der Waals surface area contributed by atoms with Gasteiger partial charge in [0.25, 0.3) is 0 Å². The molecular weight excluding hydrogens is 305 g/mol. The van der Waals surface area contributed by atoms with Crippen molar-refractivity contribution in [3.05, 3.63) is 0 Å². The van der Waals surface area contributed by atoms with Crippen molar-refractivity contribution in [1.29, 1.82) is 0 Å². The molecule has 1 aliphatic carbocycles. The Kier molecular flexibility index (Phi) is 7.39. The summed E-state index contributed by atoms with van der Waals surface area (Å²) in [5.41, 5.74) is -0.0241. The Morgan fingerprint density at radius 1 is 0.826 bits per heavy atom. The van der Waals surface area contributed by atoms with E-state index in [1.165, 1.54) is 0 Å². The van der Waals surface area contributed by atoms with E-state index in [0.29, 0.717) is 12.0 Å². The first-order valence-electron chi connectivity index (χ1n) is 8.62. The summed E-state index contributed by atoms with van der Waals surface area (Å²) in [6.07, 6.45) is 1.32. The molecule has 1 rings (SSSR count). The summed E-state index contributed by atoms with van der Waals surface area (Å²) in [4.78, 5) is 0. The van der Waals surface area contributed by atoms with Gasteiger partial charge in [-0.25, -0.2) is 0 Å². The summed E-state index contributed by atoms with van der Waals surface area (Å²) >= 11 is 0. The van der Waals surface area contributed by atoms with E-state index in [0.717, 1.165) is 38.7 Å². The van der Waals surface area contributed by atoms with E-state index in [1.807, 2.05) is 13.8 Å². The van der Waals surface area contributed by atoms with Gasteiger partial charge in [0.05, 0.1) is 19.3 Å². The van der Waals surface area contributed by atoms with Crippen LogP contribution in [0.3, 0.4) is 0 Å². The summed E-state index contributed by atoms with van der Waals surface area (Å²) in [7, 11) is 0. The molecule has 0 aromatic carbocycles. The van der Waals surface area contributed by atoms with E-state index in [1.54, 1.807) is 0 Å². The first kappa shape index (κ1) is 20.8. The Balaban J connectivity index is 2.26. The Labute approximate surface area is 139 Å². The molecule has 0 radical (unpaired) electrons. The molecule has 138 valence electrons. The zero-order valence-electron chi connectivity index (χ0n) is 15.3. The van der Waals surface area contributed by atoms with Crippen LogP contribution in [0.15, 0.2) is 0 Å². The van der Waals surface area contributed by atoms with Crippen molar-refractivity contribution in [2.24, 2.45) is 16.7 Å². The summed E-state index contributed by atoms with van der Waals surface area (Å²) in [5.74, 6) is 0.564. The number of rotatable bonds is 7. The third kappa shape index (κ3) is 10.2. The van der Waals surface area contributed by atoms with Crippen LogP contribution >= 0.6 is 0 Å². The topological polar surface area (TPSA) is 18.5 Å². The number of halogens is 3. The predicted molar refractivity (Wildman–Crippen MR) is 86.4 cm³/mol. The Morgan fingerprint density at radius 3 is 1.87 bits per heavy atom. The number of ether oxygens (including phenoxy) is 2. The first-order chi connectivity index (χ1) is 10.4. The van der Waals surface area contributed by atoms with Crippen LogP contribution in [0.5, 0.6) is 0 Å².